The number of methoxy groups -OCH3 is 1. The van der Waals surface area contributed by atoms with Gasteiger partial charge in [-0.2, -0.15) is 5.26 Å². The normalized spacial score (nSPS) is 14.7. The maximum atomic E-state index is 9.74. The van der Waals surface area contributed by atoms with Crippen molar-refractivity contribution < 1.29 is 4.74 Å². The summed E-state index contributed by atoms with van der Waals surface area (Å²) in [5.74, 6) is 0.684. The zero-order chi connectivity index (χ0) is 24.4. The molecule has 3 heterocycles. The van der Waals surface area contributed by atoms with Gasteiger partial charge in [0.2, 0.25) is 0 Å². The molecule has 0 amide bonds. The fourth-order valence-electron chi connectivity index (χ4n) is 4.23. The number of thiophene rings is 1. The first-order valence-corrected chi connectivity index (χ1v) is 12.7. The van der Waals surface area contributed by atoms with E-state index in [1.54, 1.807) is 36.8 Å². The predicted octanol–water partition coefficient (Wildman–Crippen LogP) is 5.99. The Hall–Kier alpha value is -3.15. The molecule has 2 aromatic carbocycles. The zero-order valence-electron chi connectivity index (χ0n) is 19.7. The van der Waals surface area contributed by atoms with Crippen molar-refractivity contribution in [1.29, 1.82) is 5.26 Å². The third kappa shape index (κ3) is 5.12. The number of nitriles is 1. The van der Waals surface area contributed by atoms with Crippen molar-refractivity contribution in [1.82, 2.24) is 14.8 Å². The molecule has 2 aromatic heterocycles. The first-order chi connectivity index (χ1) is 17.0. The van der Waals surface area contributed by atoms with Crippen LogP contribution < -0.4 is 10.1 Å². The van der Waals surface area contributed by atoms with E-state index in [0.717, 1.165) is 53.4 Å². The Morgan fingerprint density at radius 1 is 1.11 bits per heavy atom. The molecule has 6 nitrogen and oxygen atoms in total. The van der Waals surface area contributed by atoms with Gasteiger partial charge >= 0.3 is 0 Å². The number of nitrogens with zero attached hydrogens (tertiary/aromatic N) is 4. The number of hydrogen-bond acceptors (Lipinski definition) is 7. The van der Waals surface area contributed by atoms with Gasteiger partial charge in [-0.05, 0) is 36.4 Å². The number of nitrogens with one attached hydrogen (secondary N) is 1. The lowest BCUT2D eigenvalue weighted by Crippen LogP contribution is -2.43. The smallest absolute Gasteiger partial charge is 0.121 e. The number of benzene rings is 2. The molecule has 0 saturated carbocycles. The van der Waals surface area contributed by atoms with Crippen LogP contribution in [0.3, 0.4) is 0 Å². The van der Waals surface area contributed by atoms with Crippen molar-refractivity contribution >= 4 is 44.5 Å². The quantitative estimate of drug-likeness (QED) is 0.349. The number of piperazine rings is 1. The first kappa shape index (κ1) is 23.6. The Labute approximate surface area is 214 Å². The van der Waals surface area contributed by atoms with E-state index >= 15 is 0 Å². The van der Waals surface area contributed by atoms with E-state index in [1.807, 2.05) is 6.07 Å². The van der Waals surface area contributed by atoms with Gasteiger partial charge in [0.1, 0.15) is 11.8 Å². The Morgan fingerprint density at radius 3 is 2.60 bits per heavy atom. The highest BCUT2D eigenvalue weighted by Crippen LogP contribution is 2.40. The summed E-state index contributed by atoms with van der Waals surface area (Å²) in [7, 11) is 3.79. The lowest BCUT2D eigenvalue weighted by atomic mass is 10.1. The molecular formula is C27H26ClN5OS. The third-order valence-corrected chi connectivity index (χ3v) is 7.86. The molecular weight excluding hydrogens is 478 g/mol. The van der Waals surface area contributed by atoms with Crippen LogP contribution in [0, 0.1) is 11.3 Å². The van der Waals surface area contributed by atoms with E-state index in [4.69, 9.17) is 16.3 Å². The van der Waals surface area contributed by atoms with Gasteiger partial charge in [0, 0.05) is 49.9 Å². The highest BCUT2D eigenvalue weighted by Gasteiger charge is 2.17. The largest absolute Gasteiger partial charge is 0.497 e. The van der Waals surface area contributed by atoms with Crippen LogP contribution in [0.4, 0.5) is 11.4 Å². The molecule has 0 spiro atoms. The minimum absolute atomic E-state index is 0.465. The summed E-state index contributed by atoms with van der Waals surface area (Å²) in [5, 5.41) is 13.6. The van der Waals surface area contributed by atoms with Crippen molar-refractivity contribution in [2.75, 3.05) is 45.7 Å². The van der Waals surface area contributed by atoms with E-state index in [2.05, 4.69) is 63.5 Å². The summed E-state index contributed by atoms with van der Waals surface area (Å²) in [6, 6.07) is 18.5. The topological polar surface area (TPSA) is 64.4 Å². The first-order valence-electron chi connectivity index (χ1n) is 11.5. The lowest BCUT2D eigenvalue weighted by molar-refractivity contribution is 0.148. The second kappa shape index (κ2) is 10.2. The molecule has 0 atom stereocenters. The molecule has 1 aliphatic heterocycles. The number of pyridine rings is 1. The monoisotopic (exact) mass is 503 g/mol. The summed E-state index contributed by atoms with van der Waals surface area (Å²) in [5.41, 5.74) is 5.14. The van der Waals surface area contributed by atoms with E-state index in [1.165, 1.54) is 5.56 Å². The summed E-state index contributed by atoms with van der Waals surface area (Å²) >= 11 is 8.04. The van der Waals surface area contributed by atoms with Crippen LogP contribution in [0.1, 0.15) is 11.1 Å². The summed E-state index contributed by atoms with van der Waals surface area (Å²) in [6.45, 7) is 5.43. The Kier molecular flexibility index (Phi) is 6.89. The van der Waals surface area contributed by atoms with Gasteiger partial charge in [-0.15, -0.1) is 11.3 Å². The van der Waals surface area contributed by atoms with Crippen LogP contribution in [0.2, 0.25) is 5.02 Å². The average Bonchev–Trinajstić information content (AvgIpc) is 3.32. The SMILES string of the molecule is COc1ccc(Cl)c(Nc2c(C#N)cnc3cc(-c4ccc(CN5CCN(C)CC5)cc4)sc23)c1. The molecule has 0 radical (unpaired) electrons. The van der Waals surface area contributed by atoms with Crippen LogP contribution in [0.25, 0.3) is 20.7 Å². The summed E-state index contributed by atoms with van der Waals surface area (Å²) in [4.78, 5) is 10.5. The van der Waals surface area contributed by atoms with Gasteiger partial charge in [0.25, 0.3) is 0 Å². The van der Waals surface area contributed by atoms with Crippen molar-refractivity contribution in [3.63, 3.8) is 0 Å². The van der Waals surface area contributed by atoms with Gasteiger partial charge in [-0.1, -0.05) is 35.9 Å². The number of anilines is 2. The minimum atomic E-state index is 0.465. The molecule has 178 valence electrons. The van der Waals surface area contributed by atoms with Gasteiger partial charge in [0.05, 0.1) is 39.3 Å². The number of ether oxygens (including phenoxy) is 1. The molecule has 5 rings (SSSR count). The number of likely N-dealkylation sites (N-methyl/N-ethyl adjacent to an activating group) is 1. The van der Waals surface area contributed by atoms with Crippen molar-refractivity contribution in [2.24, 2.45) is 0 Å². The van der Waals surface area contributed by atoms with Crippen LogP contribution in [-0.2, 0) is 6.54 Å². The molecule has 0 aliphatic carbocycles. The van der Waals surface area contributed by atoms with Gasteiger partial charge < -0.3 is 15.0 Å². The molecule has 1 aliphatic rings. The fourth-order valence-corrected chi connectivity index (χ4v) is 5.52. The highest BCUT2D eigenvalue weighted by atomic mass is 35.5. The molecule has 0 unspecified atom stereocenters. The average molecular weight is 504 g/mol. The standard InChI is InChI=1S/C27H26ClN5OS/c1-32-9-11-33(12-10-32)17-18-3-5-19(6-4-18)25-14-24-27(35-25)26(20(15-29)16-30-24)31-23-13-21(34-2)7-8-22(23)28/h3-8,13-14,16H,9-12,17H2,1-2H3,(H,30,31). The van der Waals surface area contributed by atoms with Crippen LogP contribution in [0.15, 0.2) is 54.7 Å². The van der Waals surface area contributed by atoms with E-state index in [0.29, 0.717) is 27.7 Å². The number of halogens is 1. The van der Waals surface area contributed by atoms with E-state index in [-0.39, 0.29) is 0 Å². The lowest BCUT2D eigenvalue weighted by Gasteiger charge is -2.32. The van der Waals surface area contributed by atoms with Crippen LogP contribution in [0.5, 0.6) is 5.75 Å². The molecule has 4 aromatic rings. The predicted molar refractivity (Wildman–Crippen MR) is 144 cm³/mol. The summed E-state index contributed by atoms with van der Waals surface area (Å²) in [6.07, 6.45) is 1.61. The van der Waals surface area contributed by atoms with Gasteiger partial charge in [0.15, 0.2) is 0 Å². The van der Waals surface area contributed by atoms with Gasteiger partial charge in [-0.25, -0.2) is 0 Å². The zero-order valence-corrected chi connectivity index (χ0v) is 21.3. The Bertz CT molecular complexity index is 1390. The second-order valence-corrected chi connectivity index (χ2v) is 10.2. The molecule has 1 N–H and O–H groups in total. The van der Waals surface area contributed by atoms with Crippen molar-refractivity contribution in [3.05, 3.63) is 70.9 Å². The Balaban J connectivity index is 1.43. The van der Waals surface area contributed by atoms with Crippen LogP contribution in [-0.4, -0.2) is 55.1 Å². The van der Waals surface area contributed by atoms with Crippen molar-refractivity contribution in [2.45, 2.75) is 6.54 Å². The van der Waals surface area contributed by atoms with E-state index in [9.17, 15) is 5.26 Å². The third-order valence-electron chi connectivity index (χ3n) is 6.34. The summed E-state index contributed by atoms with van der Waals surface area (Å²) < 4.78 is 6.25. The number of hydrogen-bond donors (Lipinski definition) is 1. The highest BCUT2D eigenvalue weighted by molar-refractivity contribution is 7.22. The molecule has 1 saturated heterocycles. The maximum absolute atomic E-state index is 9.74. The second-order valence-electron chi connectivity index (χ2n) is 8.73. The van der Waals surface area contributed by atoms with Crippen molar-refractivity contribution in [3.8, 4) is 22.3 Å². The molecule has 0 bridgehead atoms. The molecule has 8 heteroatoms. The number of rotatable bonds is 6. The number of aromatic nitrogens is 1. The molecule has 35 heavy (non-hydrogen) atoms. The van der Waals surface area contributed by atoms with Gasteiger partial charge in [-0.3, -0.25) is 9.88 Å². The van der Waals surface area contributed by atoms with E-state index < -0.39 is 0 Å². The fraction of sp³-hybridized carbons (Fsp3) is 0.259. The number of fused-ring (bicyclic) bond motifs is 1. The maximum Gasteiger partial charge on any atom is 0.121 e. The molecule has 1 fully saturated rings. The Morgan fingerprint density at radius 2 is 1.89 bits per heavy atom. The minimum Gasteiger partial charge on any atom is -0.497 e. The van der Waals surface area contributed by atoms with Crippen LogP contribution >= 0.6 is 22.9 Å².